The minimum atomic E-state index is -0.517. The van der Waals surface area contributed by atoms with Crippen molar-refractivity contribution >= 4 is 28.4 Å². The first kappa shape index (κ1) is 17.7. The Balaban J connectivity index is 1.91. The molecule has 0 bridgehead atoms. The van der Waals surface area contributed by atoms with Crippen molar-refractivity contribution < 1.29 is 14.3 Å². The quantitative estimate of drug-likeness (QED) is 0.852. The molecule has 0 aliphatic heterocycles. The number of hydrogen-bond donors (Lipinski definition) is 2. The standard InChI is InChI=1S/C18H23N3O3/c1-13(12-24-3)19-18(23)20-17(22)11-21(2)16-9-8-14-6-4-5-7-15(14)10-16/h4-10,13H,11-12H2,1-3H3,(H2,19,20,22,23). The molecule has 0 aliphatic carbocycles. The van der Waals surface area contributed by atoms with E-state index < -0.39 is 6.03 Å². The van der Waals surface area contributed by atoms with E-state index in [1.54, 1.807) is 18.9 Å². The highest BCUT2D eigenvalue weighted by molar-refractivity contribution is 5.96. The zero-order valence-electron chi connectivity index (χ0n) is 14.2. The van der Waals surface area contributed by atoms with Crippen LogP contribution in [0.15, 0.2) is 42.5 Å². The number of anilines is 1. The lowest BCUT2D eigenvalue weighted by Crippen LogP contribution is -2.47. The highest BCUT2D eigenvalue weighted by Crippen LogP contribution is 2.20. The van der Waals surface area contributed by atoms with Gasteiger partial charge >= 0.3 is 6.03 Å². The number of ether oxygens (including phenoxy) is 1. The van der Waals surface area contributed by atoms with Crippen molar-refractivity contribution in [2.24, 2.45) is 0 Å². The number of nitrogens with zero attached hydrogens (tertiary/aromatic N) is 1. The van der Waals surface area contributed by atoms with E-state index in [0.717, 1.165) is 16.5 Å². The van der Waals surface area contributed by atoms with Gasteiger partial charge in [0.25, 0.3) is 0 Å². The number of carbonyl (C=O) groups excluding carboxylic acids is 2. The van der Waals surface area contributed by atoms with Crippen molar-refractivity contribution in [1.82, 2.24) is 10.6 Å². The first-order valence-electron chi connectivity index (χ1n) is 7.79. The number of urea groups is 1. The number of imide groups is 1. The van der Waals surface area contributed by atoms with Crippen LogP contribution in [0.3, 0.4) is 0 Å². The van der Waals surface area contributed by atoms with Crippen LogP contribution in [0, 0.1) is 0 Å². The van der Waals surface area contributed by atoms with Gasteiger partial charge < -0.3 is 15.0 Å². The Labute approximate surface area is 141 Å². The number of likely N-dealkylation sites (N-methyl/N-ethyl adjacent to an activating group) is 1. The second kappa shape index (κ2) is 8.31. The summed E-state index contributed by atoms with van der Waals surface area (Å²) in [5.41, 5.74) is 0.914. The van der Waals surface area contributed by atoms with E-state index in [4.69, 9.17) is 4.74 Å². The third-order valence-corrected chi connectivity index (χ3v) is 3.60. The van der Waals surface area contributed by atoms with Crippen LogP contribution < -0.4 is 15.5 Å². The summed E-state index contributed by atoms with van der Waals surface area (Å²) in [6.45, 7) is 2.28. The molecule has 2 rings (SSSR count). The summed E-state index contributed by atoms with van der Waals surface area (Å²) in [5.74, 6) is -0.368. The summed E-state index contributed by atoms with van der Waals surface area (Å²) in [6, 6.07) is 13.3. The molecule has 2 aromatic carbocycles. The maximum absolute atomic E-state index is 12.0. The number of amides is 3. The van der Waals surface area contributed by atoms with E-state index in [2.05, 4.69) is 10.6 Å². The highest BCUT2D eigenvalue weighted by Gasteiger charge is 2.13. The van der Waals surface area contributed by atoms with E-state index >= 15 is 0 Å². The van der Waals surface area contributed by atoms with Crippen molar-refractivity contribution in [2.75, 3.05) is 32.2 Å². The van der Waals surface area contributed by atoms with Gasteiger partial charge in [-0.15, -0.1) is 0 Å². The van der Waals surface area contributed by atoms with Gasteiger partial charge in [-0.25, -0.2) is 4.79 Å². The van der Waals surface area contributed by atoms with Gasteiger partial charge in [0.1, 0.15) is 0 Å². The highest BCUT2D eigenvalue weighted by atomic mass is 16.5. The van der Waals surface area contributed by atoms with Crippen molar-refractivity contribution in [3.8, 4) is 0 Å². The second-order valence-corrected chi connectivity index (χ2v) is 5.77. The van der Waals surface area contributed by atoms with Gasteiger partial charge in [0, 0.05) is 19.8 Å². The van der Waals surface area contributed by atoms with Crippen LogP contribution in [-0.2, 0) is 9.53 Å². The largest absolute Gasteiger partial charge is 0.383 e. The fourth-order valence-electron chi connectivity index (χ4n) is 2.44. The molecule has 24 heavy (non-hydrogen) atoms. The number of nitrogens with one attached hydrogen (secondary N) is 2. The summed E-state index contributed by atoms with van der Waals surface area (Å²) >= 11 is 0. The van der Waals surface area contributed by atoms with E-state index in [-0.39, 0.29) is 18.5 Å². The number of rotatable bonds is 6. The molecular weight excluding hydrogens is 306 g/mol. The van der Waals surface area contributed by atoms with E-state index in [1.807, 2.05) is 49.5 Å². The van der Waals surface area contributed by atoms with Crippen LogP contribution in [0.4, 0.5) is 10.5 Å². The van der Waals surface area contributed by atoms with E-state index in [9.17, 15) is 9.59 Å². The fraction of sp³-hybridized carbons (Fsp3) is 0.333. The Morgan fingerprint density at radius 2 is 1.88 bits per heavy atom. The molecule has 3 amide bonds. The number of hydrogen-bond acceptors (Lipinski definition) is 4. The molecule has 1 unspecified atom stereocenters. The molecule has 0 aliphatic rings. The SMILES string of the molecule is COCC(C)NC(=O)NC(=O)CN(C)c1ccc2ccccc2c1. The third-order valence-electron chi connectivity index (χ3n) is 3.60. The Hall–Kier alpha value is -2.60. The fourth-order valence-corrected chi connectivity index (χ4v) is 2.44. The lowest BCUT2D eigenvalue weighted by Gasteiger charge is -2.19. The van der Waals surface area contributed by atoms with Gasteiger partial charge in [-0.1, -0.05) is 30.3 Å². The van der Waals surface area contributed by atoms with E-state index in [1.165, 1.54) is 0 Å². The number of benzene rings is 2. The lowest BCUT2D eigenvalue weighted by molar-refractivity contribution is -0.118. The first-order valence-corrected chi connectivity index (χ1v) is 7.79. The van der Waals surface area contributed by atoms with Gasteiger partial charge in [0.05, 0.1) is 19.2 Å². The summed E-state index contributed by atoms with van der Waals surface area (Å²) in [6.07, 6.45) is 0. The Morgan fingerprint density at radius 1 is 1.17 bits per heavy atom. The van der Waals surface area contributed by atoms with Crippen molar-refractivity contribution in [3.63, 3.8) is 0 Å². The van der Waals surface area contributed by atoms with Crippen LogP contribution in [0.5, 0.6) is 0 Å². The monoisotopic (exact) mass is 329 g/mol. The molecular formula is C18H23N3O3. The topological polar surface area (TPSA) is 70.7 Å². The maximum atomic E-state index is 12.0. The maximum Gasteiger partial charge on any atom is 0.321 e. The van der Waals surface area contributed by atoms with Gasteiger partial charge in [0.2, 0.25) is 5.91 Å². The third kappa shape index (κ3) is 4.96. The second-order valence-electron chi connectivity index (χ2n) is 5.77. The predicted molar refractivity (Wildman–Crippen MR) is 95.2 cm³/mol. The molecule has 128 valence electrons. The summed E-state index contributed by atoms with van der Waals surface area (Å²) in [4.78, 5) is 25.5. The average Bonchev–Trinajstić information content (AvgIpc) is 2.54. The molecule has 0 saturated heterocycles. The predicted octanol–water partition coefficient (Wildman–Crippen LogP) is 2.14. The molecule has 0 radical (unpaired) electrons. The minimum Gasteiger partial charge on any atom is -0.383 e. The molecule has 0 saturated carbocycles. The van der Waals surface area contributed by atoms with Crippen LogP contribution in [0.2, 0.25) is 0 Å². The van der Waals surface area contributed by atoms with Gasteiger partial charge in [0.15, 0.2) is 0 Å². The molecule has 1 atom stereocenters. The Kier molecular flexibility index (Phi) is 6.14. The lowest BCUT2D eigenvalue weighted by atomic mass is 10.1. The summed E-state index contributed by atoms with van der Waals surface area (Å²) in [5, 5.41) is 7.20. The van der Waals surface area contributed by atoms with Crippen LogP contribution in [-0.4, -0.2) is 45.3 Å². The molecule has 0 heterocycles. The molecule has 0 aromatic heterocycles. The molecule has 6 heteroatoms. The number of fused-ring (bicyclic) bond motifs is 1. The van der Waals surface area contributed by atoms with Crippen molar-refractivity contribution in [2.45, 2.75) is 13.0 Å². The molecule has 0 fully saturated rings. The van der Waals surface area contributed by atoms with Gasteiger partial charge in [-0.3, -0.25) is 10.1 Å². The van der Waals surface area contributed by atoms with E-state index in [0.29, 0.717) is 6.61 Å². The van der Waals surface area contributed by atoms with Crippen LogP contribution in [0.25, 0.3) is 10.8 Å². The van der Waals surface area contributed by atoms with Gasteiger partial charge in [-0.05, 0) is 29.8 Å². The zero-order valence-corrected chi connectivity index (χ0v) is 14.2. The zero-order chi connectivity index (χ0) is 17.5. The molecule has 6 nitrogen and oxygen atoms in total. The number of carbonyl (C=O) groups is 2. The molecule has 2 aromatic rings. The minimum absolute atomic E-state index is 0.0877. The Morgan fingerprint density at radius 3 is 2.58 bits per heavy atom. The van der Waals surface area contributed by atoms with Crippen LogP contribution in [0.1, 0.15) is 6.92 Å². The molecule has 0 spiro atoms. The molecule has 2 N–H and O–H groups in total. The summed E-state index contributed by atoms with van der Waals surface area (Å²) in [7, 11) is 3.37. The first-order chi connectivity index (χ1) is 11.5. The number of methoxy groups -OCH3 is 1. The summed E-state index contributed by atoms with van der Waals surface area (Å²) < 4.78 is 4.93. The van der Waals surface area contributed by atoms with Crippen molar-refractivity contribution in [1.29, 1.82) is 0 Å². The Bertz CT molecular complexity index is 717. The van der Waals surface area contributed by atoms with Gasteiger partial charge in [-0.2, -0.15) is 0 Å². The average molecular weight is 329 g/mol. The van der Waals surface area contributed by atoms with Crippen LogP contribution >= 0.6 is 0 Å². The van der Waals surface area contributed by atoms with Crippen molar-refractivity contribution in [3.05, 3.63) is 42.5 Å². The smallest absolute Gasteiger partial charge is 0.321 e. The normalized spacial score (nSPS) is 11.8.